The molecule has 1 heterocycles. The molecule has 0 saturated heterocycles. The second kappa shape index (κ2) is 5.40. The molecule has 3 nitrogen and oxygen atoms in total. The minimum atomic E-state index is 0.710. The molecule has 0 spiro atoms. The molecule has 0 aliphatic heterocycles. The summed E-state index contributed by atoms with van der Waals surface area (Å²) in [7, 11) is 2.09. The molecule has 4 heteroatoms. The Kier molecular flexibility index (Phi) is 3.87. The first-order chi connectivity index (χ1) is 8.61. The fourth-order valence-corrected chi connectivity index (χ4v) is 2.27. The van der Waals surface area contributed by atoms with Gasteiger partial charge in [-0.3, -0.25) is 0 Å². The highest BCUT2D eigenvalue weighted by Gasteiger charge is 2.03. The number of aromatic nitrogens is 1. The number of thiocarbonyl (C=S) groups is 1. The van der Waals surface area contributed by atoms with Gasteiger partial charge in [-0.2, -0.15) is 0 Å². The van der Waals surface area contributed by atoms with Crippen LogP contribution in [0.1, 0.15) is 18.2 Å². The van der Waals surface area contributed by atoms with Gasteiger partial charge in [-0.1, -0.05) is 6.07 Å². The van der Waals surface area contributed by atoms with Crippen molar-refractivity contribution in [1.29, 1.82) is 0 Å². The molecule has 0 atom stereocenters. The van der Waals surface area contributed by atoms with Gasteiger partial charge in [0.1, 0.15) is 0 Å². The van der Waals surface area contributed by atoms with Gasteiger partial charge in [0.15, 0.2) is 5.11 Å². The monoisotopic (exact) mass is 261 g/mol. The predicted molar refractivity (Wildman–Crippen MR) is 80.8 cm³/mol. The molecule has 96 valence electrons. The third-order valence-electron chi connectivity index (χ3n) is 3.14. The van der Waals surface area contributed by atoms with E-state index in [0.29, 0.717) is 5.11 Å². The molecule has 2 rings (SSSR count). The molecule has 0 aliphatic rings. The summed E-state index contributed by atoms with van der Waals surface area (Å²) in [6.07, 6.45) is 0. The molecule has 0 radical (unpaired) electrons. The number of hydrogen-bond donors (Lipinski definition) is 2. The van der Waals surface area contributed by atoms with Crippen LogP contribution >= 0.6 is 12.2 Å². The second-order valence-electron chi connectivity index (χ2n) is 4.45. The molecular formula is C14H19N3S. The van der Waals surface area contributed by atoms with Crippen molar-refractivity contribution in [2.24, 2.45) is 7.05 Å². The van der Waals surface area contributed by atoms with Gasteiger partial charge in [0.05, 0.1) is 0 Å². The van der Waals surface area contributed by atoms with Crippen LogP contribution < -0.4 is 10.6 Å². The quantitative estimate of drug-likeness (QED) is 0.832. The zero-order chi connectivity index (χ0) is 13.1. The number of rotatable bonds is 3. The fourth-order valence-electron chi connectivity index (χ4n) is 2.05. The van der Waals surface area contributed by atoms with Gasteiger partial charge in [0.25, 0.3) is 0 Å². The molecule has 0 saturated carbocycles. The van der Waals surface area contributed by atoms with Crippen LogP contribution in [0.3, 0.4) is 0 Å². The number of hydrogen-bond acceptors (Lipinski definition) is 1. The Morgan fingerprint density at radius 3 is 2.78 bits per heavy atom. The molecule has 1 aromatic carbocycles. The molecule has 0 fully saturated rings. The largest absolute Gasteiger partial charge is 0.363 e. The van der Waals surface area contributed by atoms with E-state index in [9.17, 15) is 0 Å². The minimum absolute atomic E-state index is 0.710. The van der Waals surface area contributed by atoms with E-state index in [-0.39, 0.29) is 0 Å². The Bertz CT molecular complexity index is 572. The summed E-state index contributed by atoms with van der Waals surface area (Å²) in [4.78, 5) is 0. The first kappa shape index (κ1) is 12.9. The lowest BCUT2D eigenvalue weighted by atomic mass is 10.1. The third kappa shape index (κ3) is 2.64. The standard InChI is InChI=1S/C14H19N3S/c1-4-15-14(18)16-9-11-5-6-13-12(8-11)7-10(2)17(13)3/h5-8H,4,9H2,1-3H3,(H2,15,16,18). The van der Waals surface area contributed by atoms with E-state index in [1.165, 1.54) is 22.2 Å². The average molecular weight is 261 g/mol. The molecule has 0 unspecified atom stereocenters. The lowest BCUT2D eigenvalue weighted by molar-refractivity contribution is 0.855. The Morgan fingerprint density at radius 2 is 2.06 bits per heavy atom. The summed E-state index contributed by atoms with van der Waals surface area (Å²) < 4.78 is 2.20. The smallest absolute Gasteiger partial charge is 0.166 e. The van der Waals surface area contributed by atoms with Crippen LogP contribution in [0.4, 0.5) is 0 Å². The maximum Gasteiger partial charge on any atom is 0.166 e. The van der Waals surface area contributed by atoms with Crippen molar-refractivity contribution in [3.05, 3.63) is 35.5 Å². The molecule has 0 amide bonds. The number of benzene rings is 1. The number of nitrogens with zero attached hydrogens (tertiary/aromatic N) is 1. The van der Waals surface area contributed by atoms with Crippen molar-refractivity contribution in [3.63, 3.8) is 0 Å². The van der Waals surface area contributed by atoms with E-state index in [4.69, 9.17) is 12.2 Å². The van der Waals surface area contributed by atoms with Gasteiger partial charge in [-0.25, -0.2) is 0 Å². The van der Waals surface area contributed by atoms with Crippen molar-refractivity contribution in [3.8, 4) is 0 Å². The Labute approximate surface area is 113 Å². The number of fused-ring (bicyclic) bond motifs is 1. The molecule has 0 aliphatic carbocycles. The van der Waals surface area contributed by atoms with Gasteiger partial charge in [-0.15, -0.1) is 0 Å². The molecule has 2 N–H and O–H groups in total. The zero-order valence-electron chi connectivity index (χ0n) is 11.1. The van der Waals surface area contributed by atoms with Crippen molar-refractivity contribution < 1.29 is 0 Å². The lowest BCUT2D eigenvalue weighted by Gasteiger charge is -2.09. The Balaban J connectivity index is 2.13. The summed E-state index contributed by atoms with van der Waals surface area (Å²) in [5, 5.41) is 8.27. The summed E-state index contributed by atoms with van der Waals surface area (Å²) in [5.74, 6) is 0. The maximum absolute atomic E-state index is 5.15. The first-order valence-corrected chi connectivity index (χ1v) is 6.59. The van der Waals surface area contributed by atoms with E-state index in [2.05, 4.69) is 53.4 Å². The molecule has 0 bridgehead atoms. The van der Waals surface area contributed by atoms with Crippen molar-refractivity contribution >= 4 is 28.2 Å². The maximum atomic E-state index is 5.15. The summed E-state index contributed by atoms with van der Waals surface area (Å²) in [6.45, 7) is 5.77. The minimum Gasteiger partial charge on any atom is -0.363 e. The third-order valence-corrected chi connectivity index (χ3v) is 3.43. The Hall–Kier alpha value is -1.55. The average Bonchev–Trinajstić information content (AvgIpc) is 2.63. The normalized spacial score (nSPS) is 10.6. The van der Waals surface area contributed by atoms with E-state index < -0.39 is 0 Å². The zero-order valence-corrected chi connectivity index (χ0v) is 11.9. The second-order valence-corrected chi connectivity index (χ2v) is 4.86. The van der Waals surface area contributed by atoms with E-state index in [1.54, 1.807) is 0 Å². The van der Waals surface area contributed by atoms with Crippen LogP contribution in [0.25, 0.3) is 10.9 Å². The van der Waals surface area contributed by atoms with Crippen LogP contribution in [0.5, 0.6) is 0 Å². The van der Waals surface area contributed by atoms with E-state index >= 15 is 0 Å². The van der Waals surface area contributed by atoms with Crippen molar-refractivity contribution in [2.75, 3.05) is 6.54 Å². The highest BCUT2D eigenvalue weighted by atomic mass is 32.1. The topological polar surface area (TPSA) is 29.0 Å². The van der Waals surface area contributed by atoms with E-state index in [1.807, 2.05) is 6.92 Å². The first-order valence-electron chi connectivity index (χ1n) is 6.18. The molecule has 1 aromatic heterocycles. The van der Waals surface area contributed by atoms with Crippen LogP contribution in [-0.2, 0) is 13.6 Å². The molecule has 18 heavy (non-hydrogen) atoms. The van der Waals surface area contributed by atoms with Crippen LogP contribution in [0.15, 0.2) is 24.3 Å². The van der Waals surface area contributed by atoms with Gasteiger partial charge in [-0.05, 0) is 49.8 Å². The van der Waals surface area contributed by atoms with Crippen LogP contribution in [0, 0.1) is 6.92 Å². The van der Waals surface area contributed by atoms with Crippen LogP contribution in [-0.4, -0.2) is 16.2 Å². The molecular weight excluding hydrogens is 242 g/mol. The predicted octanol–water partition coefficient (Wildman–Crippen LogP) is 2.47. The van der Waals surface area contributed by atoms with Gasteiger partial charge in [0.2, 0.25) is 0 Å². The summed E-state index contributed by atoms with van der Waals surface area (Å²) in [5.41, 5.74) is 3.79. The lowest BCUT2D eigenvalue weighted by Crippen LogP contribution is -2.34. The van der Waals surface area contributed by atoms with Gasteiger partial charge < -0.3 is 15.2 Å². The van der Waals surface area contributed by atoms with Crippen molar-refractivity contribution in [2.45, 2.75) is 20.4 Å². The highest BCUT2D eigenvalue weighted by Crippen LogP contribution is 2.19. The van der Waals surface area contributed by atoms with Gasteiger partial charge >= 0.3 is 0 Å². The van der Waals surface area contributed by atoms with E-state index in [0.717, 1.165) is 13.1 Å². The number of nitrogens with one attached hydrogen (secondary N) is 2. The summed E-state index contributed by atoms with van der Waals surface area (Å²) in [6, 6.07) is 8.73. The van der Waals surface area contributed by atoms with Gasteiger partial charge in [0, 0.05) is 36.7 Å². The highest BCUT2D eigenvalue weighted by molar-refractivity contribution is 7.80. The number of aryl methyl sites for hydroxylation is 2. The van der Waals surface area contributed by atoms with Crippen LogP contribution in [0.2, 0.25) is 0 Å². The molecule has 2 aromatic rings. The fraction of sp³-hybridized carbons (Fsp3) is 0.357. The Morgan fingerprint density at radius 1 is 1.28 bits per heavy atom. The SMILES string of the molecule is CCNC(=S)NCc1ccc2c(c1)cc(C)n2C. The summed E-state index contributed by atoms with van der Waals surface area (Å²) >= 11 is 5.15. The van der Waals surface area contributed by atoms with Crippen molar-refractivity contribution in [1.82, 2.24) is 15.2 Å².